The quantitative estimate of drug-likeness (QED) is 0.526. The van der Waals surface area contributed by atoms with E-state index in [9.17, 15) is 0 Å². The summed E-state index contributed by atoms with van der Waals surface area (Å²) in [7, 11) is 4.24. The Bertz CT molecular complexity index is 821. The van der Waals surface area contributed by atoms with Crippen molar-refractivity contribution in [3.63, 3.8) is 0 Å². The fourth-order valence-corrected chi connectivity index (χ4v) is 3.87. The molecule has 23 heavy (non-hydrogen) atoms. The maximum atomic E-state index is 3.73. The van der Waals surface area contributed by atoms with E-state index >= 15 is 0 Å². The smallest absolute Gasteiger partial charge is 0.0630 e. The van der Waals surface area contributed by atoms with Crippen molar-refractivity contribution in [2.45, 2.75) is 13.0 Å². The number of aromatic nitrogens is 1. The van der Waals surface area contributed by atoms with Crippen LogP contribution in [0.4, 0.5) is 0 Å². The van der Waals surface area contributed by atoms with Crippen LogP contribution in [0, 0.1) is 0 Å². The molecule has 3 rings (SSSR count). The Labute approximate surface area is 154 Å². The summed E-state index contributed by atoms with van der Waals surface area (Å²) in [6.45, 7) is 1.92. The number of benzene rings is 2. The SMILES string of the molecule is CN(C)CCc1cn(Cc2ccccc2Br)c2c(Br)cccc12. The highest BCUT2D eigenvalue weighted by atomic mass is 79.9. The lowest BCUT2D eigenvalue weighted by molar-refractivity contribution is 0.414. The first-order chi connectivity index (χ1) is 11.1. The fourth-order valence-electron chi connectivity index (χ4n) is 2.87. The second-order valence-electron chi connectivity index (χ2n) is 6.06. The molecule has 0 bridgehead atoms. The predicted octanol–water partition coefficient (Wildman–Crippen LogP) is 5.32. The highest BCUT2D eigenvalue weighted by Crippen LogP contribution is 2.30. The molecule has 4 heteroatoms. The minimum absolute atomic E-state index is 0.864. The van der Waals surface area contributed by atoms with Gasteiger partial charge in [0.15, 0.2) is 0 Å². The van der Waals surface area contributed by atoms with Crippen molar-refractivity contribution in [1.29, 1.82) is 0 Å². The van der Waals surface area contributed by atoms with Crippen LogP contribution in [0.15, 0.2) is 57.6 Å². The number of nitrogens with zero attached hydrogens (tertiary/aromatic N) is 2. The van der Waals surface area contributed by atoms with Gasteiger partial charge in [0.25, 0.3) is 0 Å². The summed E-state index contributed by atoms with van der Waals surface area (Å²) < 4.78 is 4.66. The molecule has 0 saturated carbocycles. The lowest BCUT2D eigenvalue weighted by atomic mass is 10.1. The van der Waals surface area contributed by atoms with Crippen LogP contribution in [0.25, 0.3) is 10.9 Å². The third kappa shape index (κ3) is 3.70. The topological polar surface area (TPSA) is 8.17 Å². The van der Waals surface area contributed by atoms with Crippen LogP contribution >= 0.6 is 31.9 Å². The van der Waals surface area contributed by atoms with E-state index in [1.54, 1.807) is 0 Å². The molecule has 2 nitrogen and oxygen atoms in total. The number of fused-ring (bicyclic) bond motifs is 1. The van der Waals surface area contributed by atoms with Crippen molar-refractivity contribution in [3.05, 3.63) is 68.7 Å². The summed E-state index contributed by atoms with van der Waals surface area (Å²) in [6, 6.07) is 14.9. The van der Waals surface area contributed by atoms with Gasteiger partial charge in [-0.2, -0.15) is 0 Å². The summed E-state index contributed by atoms with van der Waals surface area (Å²) in [5, 5.41) is 1.34. The number of likely N-dealkylation sites (N-methyl/N-ethyl adjacent to an activating group) is 1. The average molecular weight is 436 g/mol. The molecule has 0 amide bonds. The van der Waals surface area contributed by atoms with Gasteiger partial charge in [-0.3, -0.25) is 0 Å². The predicted molar refractivity (Wildman–Crippen MR) is 105 cm³/mol. The zero-order chi connectivity index (χ0) is 16.4. The van der Waals surface area contributed by atoms with Crippen molar-refractivity contribution in [3.8, 4) is 0 Å². The molecular weight excluding hydrogens is 416 g/mol. The number of halogens is 2. The first-order valence-corrected chi connectivity index (χ1v) is 9.29. The first kappa shape index (κ1) is 16.7. The van der Waals surface area contributed by atoms with Crippen molar-refractivity contribution in [2.24, 2.45) is 0 Å². The summed E-state index contributed by atoms with van der Waals surface area (Å²) in [5.41, 5.74) is 3.97. The van der Waals surface area contributed by atoms with E-state index in [1.807, 2.05) is 0 Å². The summed E-state index contributed by atoms with van der Waals surface area (Å²) in [6.07, 6.45) is 3.36. The lowest BCUT2D eigenvalue weighted by Crippen LogP contribution is -2.14. The minimum Gasteiger partial charge on any atom is -0.342 e. The van der Waals surface area contributed by atoms with E-state index in [1.165, 1.54) is 22.0 Å². The Balaban J connectivity index is 2.04. The molecule has 0 atom stereocenters. The average Bonchev–Trinajstić information content (AvgIpc) is 2.87. The fraction of sp³-hybridized carbons (Fsp3) is 0.263. The zero-order valence-electron chi connectivity index (χ0n) is 13.4. The van der Waals surface area contributed by atoms with Gasteiger partial charge < -0.3 is 9.47 Å². The van der Waals surface area contributed by atoms with Crippen molar-refractivity contribution < 1.29 is 0 Å². The maximum Gasteiger partial charge on any atom is 0.0630 e. The van der Waals surface area contributed by atoms with Crippen LogP contribution in [-0.2, 0) is 13.0 Å². The van der Waals surface area contributed by atoms with Crippen LogP contribution in [0.2, 0.25) is 0 Å². The van der Waals surface area contributed by atoms with Crippen LogP contribution < -0.4 is 0 Å². The van der Waals surface area contributed by atoms with Crippen molar-refractivity contribution in [1.82, 2.24) is 9.47 Å². The van der Waals surface area contributed by atoms with E-state index in [2.05, 4.69) is 104 Å². The van der Waals surface area contributed by atoms with Gasteiger partial charge in [-0.15, -0.1) is 0 Å². The molecule has 0 spiro atoms. The number of para-hydroxylation sites is 1. The van der Waals surface area contributed by atoms with Gasteiger partial charge in [0, 0.05) is 33.6 Å². The monoisotopic (exact) mass is 434 g/mol. The molecule has 2 aromatic carbocycles. The number of hydrogen-bond acceptors (Lipinski definition) is 1. The highest BCUT2D eigenvalue weighted by molar-refractivity contribution is 9.11. The van der Waals surface area contributed by atoms with Gasteiger partial charge in [0.2, 0.25) is 0 Å². The summed E-state index contributed by atoms with van der Waals surface area (Å²) in [5.74, 6) is 0. The van der Waals surface area contributed by atoms with Crippen LogP contribution in [0.1, 0.15) is 11.1 Å². The van der Waals surface area contributed by atoms with E-state index in [0.29, 0.717) is 0 Å². The molecule has 0 aliphatic carbocycles. The molecule has 0 N–H and O–H groups in total. The van der Waals surface area contributed by atoms with Crippen molar-refractivity contribution >= 4 is 42.8 Å². The van der Waals surface area contributed by atoms with Gasteiger partial charge in [-0.05, 0) is 59.7 Å². The van der Waals surface area contributed by atoms with Gasteiger partial charge in [0.1, 0.15) is 0 Å². The maximum absolute atomic E-state index is 3.73. The Morgan fingerprint density at radius 3 is 2.39 bits per heavy atom. The molecule has 0 aliphatic heterocycles. The van der Waals surface area contributed by atoms with E-state index < -0.39 is 0 Å². The van der Waals surface area contributed by atoms with E-state index in [-0.39, 0.29) is 0 Å². The zero-order valence-corrected chi connectivity index (χ0v) is 16.6. The minimum atomic E-state index is 0.864. The van der Waals surface area contributed by atoms with Gasteiger partial charge in [-0.1, -0.05) is 46.3 Å². The molecule has 0 saturated heterocycles. The molecule has 1 aromatic heterocycles. The molecule has 1 heterocycles. The van der Waals surface area contributed by atoms with E-state index in [4.69, 9.17) is 0 Å². The molecule has 3 aromatic rings. The number of hydrogen-bond donors (Lipinski definition) is 0. The Kier molecular flexibility index (Phi) is 5.24. The molecule has 0 aliphatic rings. The molecule has 0 unspecified atom stereocenters. The van der Waals surface area contributed by atoms with Crippen LogP contribution in [0.5, 0.6) is 0 Å². The number of rotatable bonds is 5. The second kappa shape index (κ2) is 7.20. The second-order valence-corrected chi connectivity index (χ2v) is 7.77. The molecule has 120 valence electrons. The largest absolute Gasteiger partial charge is 0.342 e. The Morgan fingerprint density at radius 1 is 0.913 bits per heavy atom. The van der Waals surface area contributed by atoms with Crippen LogP contribution in [-0.4, -0.2) is 30.1 Å². The van der Waals surface area contributed by atoms with E-state index in [0.717, 1.165) is 28.5 Å². The molecule has 0 radical (unpaired) electrons. The van der Waals surface area contributed by atoms with Gasteiger partial charge in [0.05, 0.1) is 5.52 Å². The first-order valence-electron chi connectivity index (χ1n) is 7.70. The van der Waals surface area contributed by atoms with Crippen molar-refractivity contribution in [2.75, 3.05) is 20.6 Å². The van der Waals surface area contributed by atoms with Gasteiger partial charge in [-0.25, -0.2) is 0 Å². The highest BCUT2D eigenvalue weighted by Gasteiger charge is 2.12. The lowest BCUT2D eigenvalue weighted by Gasteiger charge is -2.08. The van der Waals surface area contributed by atoms with Crippen LogP contribution in [0.3, 0.4) is 0 Å². The summed E-state index contributed by atoms with van der Waals surface area (Å²) in [4.78, 5) is 2.23. The standard InChI is InChI=1S/C19H20Br2N2/c1-22(2)11-10-14-12-23(13-15-6-3-4-8-17(15)20)19-16(14)7-5-9-18(19)21/h3-9,12H,10-11,13H2,1-2H3. The summed E-state index contributed by atoms with van der Waals surface area (Å²) >= 11 is 7.39. The Hall–Kier alpha value is -1.10. The normalized spacial score (nSPS) is 11.5. The Morgan fingerprint density at radius 2 is 1.65 bits per heavy atom. The third-order valence-electron chi connectivity index (χ3n) is 4.06. The molecule has 0 fully saturated rings. The molecular formula is C19H20Br2N2. The van der Waals surface area contributed by atoms with Gasteiger partial charge >= 0.3 is 0 Å². The third-order valence-corrected chi connectivity index (χ3v) is 5.47.